The van der Waals surface area contributed by atoms with Gasteiger partial charge in [0.2, 0.25) is 5.75 Å². The van der Waals surface area contributed by atoms with E-state index in [0.717, 1.165) is 0 Å². The van der Waals surface area contributed by atoms with Gasteiger partial charge < -0.3 is 14.2 Å². The molecule has 2 aromatic carbocycles. The minimum absolute atomic E-state index is 0.0432. The van der Waals surface area contributed by atoms with Gasteiger partial charge in [-0.3, -0.25) is 14.9 Å². The van der Waals surface area contributed by atoms with Crippen LogP contribution >= 0.6 is 0 Å². The highest BCUT2D eigenvalue weighted by atomic mass is 16.6. The zero-order valence-electron chi connectivity index (χ0n) is 14.0. The lowest BCUT2D eigenvalue weighted by Crippen LogP contribution is -2.02. The highest BCUT2D eigenvalue weighted by molar-refractivity contribution is 6.09. The van der Waals surface area contributed by atoms with E-state index >= 15 is 0 Å². The number of hydrogen-bond donors (Lipinski definition) is 0. The number of carbonyl (C=O) groups is 1. The average molecular weight is 343 g/mol. The van der Waals surface area contributed by atoms with Crippen LogP contribution in [0.4, 0.5) is 5.69 Å². The van der Waals surface area contributed by atoms with Gasteiger partial charge in [-0.05, 0) is 23.8 Å². The number of carbonyl (C=O) groups excluding carboxylic acids is 1. The molecular weight excluding hydrogens is 326 g/mol. The molecule has 0 saturated carbocycles. The van der Waals surface area contributed by atoms with Crippen LogP contribution in [0, 0.1) is 10.1 Å². The average Bonchev–Trinajstić information content (AvgIpc) is 2.64. The second kappa shape index (κ2) is 7.96. The summed E-state index contributed by atoms with van der Waals surface area (Å²) in [6.07, 6.45) is 2.83. The van der Waals surface area contributed by atoms with E-state index in [4.69, 9.17) is 14.2 Å². The smallest absolute Gasteiger partial charge is 0.270 e. The Balaban J connectivity index is 2.35. The number of methoxy groups -OCH3 is 3. The first-order chi connectivity index (χ1) is 12.0. The number of hydrogen-bond acceptors (Lipinski definition) is 6. The molecule has 0 bridgehead atoms. The number of non-ortho nitro benzene ring substituents is 1. The number of nitro groups is 1. The standard InChI is InChI=1S/C18H17NO6/c1-23-16-10-8-14(17(24-2)18(16)25-3)15(20)9-7-12-5-4-6-13(11-12)19(21)22/h4-11H,1-3H3/b9-7+. The van der Waals surface area contributed by atoms with Crippen LogP contribution in [-0.2, 0) is 0 Å². The fourth-order valence-corrected chi connectivity index (χ4v) is 2.30. The summed E-state index contributed by atoms with van der Waals surface area (Å²) in [7, 11) is 4.37. The molecule has 0 fully saturated rings. The fourth-order valence-electron chi connectivity index (χ4n) is 2.30. The van der Waals surface area contributed by atoms with E-state index in [0.29, 0.717) is 22.6 Å². The van der Waals surface area contributed by atoms with E-state index < -0.39 is 4.92 Å². The minimum Gasteiger partial charge on any atom is -0.493 e. The van der Waals surface area contributed by atoms with Crippen LogP contribution in [0.2, 0.25) is 0 Å². The second-order valence-electron chi connectivity index (χ2n) is 4.93. The number of rotatable bonds is 7. The molecule has 0 heterocycles. The molecule has 0 aromatic heterocycles. The molecule has 0 aliphatic heterocycles. The third kappa shape index (κ3) is 3.95. The van der Waals surface area contributed by atoms with Crippen LogP contribution in [0.3, 0.4) is 0 Å². The van der Waals surface area contributed by atoms with E-state index in [1.54, 1.807) is 24.3 Å². The number of nitrogens with zero attached hydrogens (tertiary/aromatic N) is 1. The minimum atomic E-state index is -0.490. The van der Waals surface area contributed by atoms with Gasteiger partial charge in [0.15, 0.2) is 17.3 Å². The highest BCUT2D eigenvalue weighted by Crippen LogP contribution is 2.40. The number of benzene rings is 2. The van der Waals surface area contributed by atoms with Crippen LogP contribution in [0.25, 0.3) is 6.08 Å². The molecule has 0 saturated heterocycles. The molecule has 0 aliphatic rings. The number of nitro benzene ring substituents is 1. The van der Waals surface area contributed by atoms with Gasteiger partial charge in [-0.25, -0.2) is 0 Å². The van der Waals surface area contributed by atoms with Crippen LogP contribution < -0.4 is 14.2 Å². The van der Waals surface area contributed by atoms with Gasteiger partial charge in [0, 0.05) is 12.1 Å². The summed E-state index contributed by atoms with van der Waals surface area (Å²) in [4.78, 5) is 22.8. The van der Waals surface area contributed by atoms with Gasteiger partial charge in [-0.2, -0.15) is 0 Å². The van der Waals surface area contributed by atoms with Gasteiger partial charge >= 0.3 is 0 Å². The largest absolute Gasteiger partial charge is 0.493 e. The molecule has 0 atom stereocenters. The fraction of sp³-hybridized carbons (Fsp3) is 0.167. The highest BCUT2D eigenvalue weighted by Gasteiger charge is 2.19. The lowest BCUT2D eigenvalue weighted by Gasteiger charge is -2.14. The van der Waals surface area contributed by atoms with E-state index in [2.05, 4.69) is 0 Å². The Kier molecular flexibility index (Phi) is 5.73. The summed E-state index contributed by atoms with van der Waals surface area (Å²) in [5, 5.41) is 10.8. The Labute approximate surface area is 144 Å². The molecule has 0 unspecified atom stereocenters. The van der Waals surface area contributed by atoms with E-state index in [-0.39, 0.29) is 17.2 Å². The summed E-state index contributed by atoms with van der Waals surface area (Å²) in [5.41, 5.74) is 0.794. The van der Waals surface area contributed by atoms with Gasteiger partial charge in [0.1, 0.15) is 0 Å². The van der Waals surface area contributed by atoms with Crippen molar-refractivity contribution in [3.8, 4) is 17.2 Å². The van der Waals surface area contributed by atoms with Gasteiger partial charge in [0.25, 0.3) is 5.69 Å². The summed E-state index contributed by atoms with van der Waals surface area (Å²) in [5.74, 6) is 0.693. The van der Waals surface area contributed by atoms with Crippen LogP contribution in [0.1, 0.15) is 15.9 Å². The normalized spacial score (nSPS) is 10.5. The monoisotopic (exact) mass is 343 g/mol. The van der Waals surface area contributed by atoms with Crippen molar-refractivity contribution in [3.63, 3.8) is 0 Å². The predicted molar refractivity (Wildman–Crippen MR) is 92.6 cm³/mol. The van der Waals surface area contributed by atoms with Crippen LogP contribution in [0.15, 0.2) is 42.5 Å². The predicted octanol–water partition coefficient (Wildman–Crippen LogP) is 3.52. The maximum Gasteiger partial charge on any atom is 0.270 e. The van der Waals surface area contributed by atoms with Crippen molar-refractivity contribution in [1.29, 1.82) is 0 Å². The first-order valence-corrected chi connectivity index (χ1v) is 7.27. The Morgan fingerprint density at radius 3 is 2.36 bits per heavy atom. The first kappa shape index (κ1) is 18.0. The lowest BCUT2D eigenvalue weighted by molar-refractivity contribution is -0.384. The summed E-state index contributed by atoms with van der Waals surface area (Å²) in [6.45, 7) is 0. The van der Waals surface area contributed by atoms with Gasteiger partial charge in [-0.1, -0.05) is 18.2 Å². The molecule has 130 valence electrons. The van der Waals surface area contributed by atoms with Crippen molar-refractivity contribution >= 4 is 17.5 Å². The quantitative estimate of drug-likeness (QED) is 0.331. The van der Waals surface area contributed by atoms with Crippen LogP contribution in [0.5, 0.6) is 17.2 Å². The molecule has 0 spiro atoms. The van der Waals surface area contributed by atoms with Crippen molar-refractivity contribution in [2.45, 2.75) is 0 Å². The van der Waals surface area contributed by atoms with Crippen LogP contribution in [-0.4, -0.2) is 32.0 Å². The molecule has 2 rings (SSSR count). The maximum absolute atomic E-state index is 12.5. The summed E-state index contributed by atoms with van der Waals surface area (Å²) >= 11 is 0. The molecule has 0 radical (unpaired) electrons. The number of ether oxygens (including phenoxy) is 3. The summed E-state index contributed by atoms with van der Waals surface area (Å²) < 4.78 is 15.7. The second-order valence-corrected chi connectivity index (χ2v) is 4.93. The topological polar surface area (TPSA) is 87.9 Å². The Morgan fingerprint density at radius 1 is 1.04 bits per heavy atom. The third-order valence-electron chi connectivity index (χ3n) is 3.48. The summed E-state index contributed by atoms with van der Waals surface area (Å²) in [6, 6.07) is 9.17. The Hall–Kier alpha value is -3.35. The lowest BCUT2D eigenvalue weighted by atomic mass is 10.1. The molecule has 0 amide bonds. The molecular formula is C18H17NO6. The molecule has 25 heavy (non-hydrogen) atoms. The Morgan fingerprint density at radius 2 is 1.76 bits per heavy atom. The number of ketones is 1. The maximum atomic E-state index is 12.5. The van der Waals surface area contributed by atoms with E-state index in [9.17, 15) is 14.9 Å². The SMILES string of the molecule is COc1ccc(C(=O)/C=C/c2cccc([N+](=O)[O-])c2)c(OC)c1OC. The van der Waals surface area contributed by atoms with Gasteiger partial charge in [0.05, 0.1) is 31.8 Å². The first-order valence-electron chi connectivity index (χ1n) is 7.27. The molecule has 2 aromatic rings. The van der Waals surface area contributed by atoms with Gasteiger partial charge in [-0.15, -0.1) is 0 Å². The molecule has 7 nitrogen and oxygen atoms in total. The van der Waals surface area contributed by atoms with Crippen molar-refractivity contribution in [2.24, 2.45) is 0 Å². The van der Waals surface area contributed by atoms with E-state index in [1.165, 1.54) is 45.6 Å². The van der Waals surface area contributed by atoms with Crippen molar-refractivity contribution in [2.75, 3.05) is 21.3 Å². The zero-order chi connectivity index (χ0) is 18.4. The van der Waals surface area contributed by atoms with E-state index in [1.807, 2.05) is 0 Å². The Bertz CT molecular complexity index is 828. The number of allylic oxidation sites excluding steroid dienone is 1. The van der Waals surface area contributed by atoms with Crippen molar-refractivity contribution in [3.05, 3.63) is 63.7 Å². The van der Waals surface area contributed by atoms with Crippen molar-refractivity contribution in [1.82, 2.24) is 0 Å². The zero-order valence-corrected chi connectivity index (χ0v) is 14.0. The molecule has 7 heteroatoms. The molecule has 0 N–H and O–H groups in total. The van der Waals surface area contributed by atoms with Crippen molar-refractivity contribution < 1.29 is 23.9 Å². The third-order valence-corrected chi connectivity index (χ3v) is 3.48. The molecule has 0 aliphatic carbocycles.